The molecule has 0 spiro atoms. The fourth-order valence-electron chi connectivity index (χ4n) is 5.47. The Bertz CT molecular complexity index is 1120. The zero-order valence-corrected chi connectivity index (χ0v) is 22.2. The van der Waals surface area contributed by atoms with Gasteiger partial charge in [-0.3, -0.25) is 9.59 Å². The number of ketones is 1. The van der Waals surface area contributed by atoms with Crippen molar-refractivity contribution < 1.29 is 29.3 Å². The number of carbonyl (C=O) groups excluding carboxylic acids is 2. The van der Waals surface area contributed by atoms with E-state index < -0.39 is 35.6 Å². The highest BCUT2D eigenvalue weighted by molar-refractivity contribution is 5.88. The Morgan fingerprint density at radius 1 is 1.11 bits per heavy atom. The lowest BCUT2D eigenvalue weighted by Crippen LogP contribution is -2.45. The smallest absolute Gasteiger partial charge is 0.309 e. The minimum Gasteiger partial charge on any atom is -0.457 e. The van der Waals surface area contributed by atoms with Gasteiger partial charge in [-0.2, -0.15) is 0 Å². The molecule has 7 atom stereocenters. The maximum atomic E-state index is 13.2. The number of nitrogens with zero attached hydrogens (tertiary/aromatic N) is 2. The molecule has 0 amide bonds. The van der Waals surface area contributed by atoms with Crippen LogP contribution in [0.1, 0.15) is 77.3 Å². The zero-order valence-electron chi connectivity index (χ0n) is 22.2. The van der Waals surface area contributed by atoms with Crippen LogP contribution < -0.4 is 0 Å². The number of rotatable bonds is 1. The first-order valence-corrected chi connectivity index (χ1v) is 13.1. The van der Waals surface area contributed by atoms with Gasteiger partial charge in [0.2, 0.25) is 0 Å². The number of Topliss-reactive ketones (excluding diaryl/α,β-unsaturated/α-hetero) is 1. The molecule has 36 heavy (non-hydrogen) atoms. The summed E-state index contributed by atoms with van der Waals surface area (Å²) in [5, 5.41) is 21.7. The topological polar surface area (TPSA) is 114 Å². The van der Waals surface area contributed by atoms with Crippen molar-refractivity contribution >= 4 is 22.8 Å². The van der Waals surface area contributed by atoms with Crippen molar-refractivity contribution in [3.63, 3.8) is 0 Å². The summed E-state index contributed by atoms with van der Waals surface area (Å²) >= 11 is 0. The third kappa shape index (κ3) is 5.36. The van der Waals surface area contributed by atoms with Gasteiger partial charge in [0.1, 0.15) is 17.7 Å². The summed E-state index contributed by atoms with van der Waals surface area (Å²) in [5.74, 6) is -0.650. The molecule has 2 N–H and O–H groups in total. The van der Waals surface area contributed by atoms with Crippen molar-refractivity contribution in [3.8, 4) is 0 Å². The molecule has 8 heteroatoms. The first-order chi connectivity index (χ1) is 16.9. The van der Waals surface area contributed by atoms with Gasteiger partial charge in [0.05, 0.1) is 47.3 Å². The van der Waals surface area contributed by atoms with Crippen molar-refractivity contribution in [1.82, 2.24) is 9.55 Å². The average molecular weight is 501 g/mol. The van der Waals surface area contributed by atoms with E-state index >= 15 is 0 Å². The molecule has 0 aliphatic carbocycles. The fraction of sp³-hybridized carbons (Fsp3) is 0.679. The highest BCUT2D eigenvalue weighted by Gasteiger charge is 2.44. The molecule has 1 aromatic carbocycles. The van der Waals surface area contributed by atoms with Crippen molar-refractivity contribution in [3.05, 3.63) is 29.6 Å². The Morgan fingerprint density at radius 3 is 2.56 bits per heavy atom. The van der Waals surface area contributed by atoms with Gasteiger partial charge in [-0.05, 0) is 43.4 Å². The minimum absolute atomic E-state index is 0.0148. The molecule has 1 aromatic heterocycles. The Balaban J connectivity index is 1.60. The van der Waals surface area contributed by atoms with E-state index in [2.05, 4.69) is 4.98 Å². The van der Waals surface area contributed by atoms with Gasteiger partial charge in [-0.1, -0.05) is 40.2 Å². The van der Waals surface area contributed by atoms with Crippen LogP contribution in [-0.2, 0) is 26.1 Å². The van der Waals surface area contributed by atoms with Crippen molar-refractivity contribution in [2.75, 3.05) is 0 Å². The lowest BCUT2D eigenvalue weighted by Gasteiger charge is -2.34. The molecule has 4 rings (SSSR count). The molecule has 2 aliphatic heterocycles. The molecule has 0 radical (unpaired) electrons. The Kier molecular flexibility index (Phi) is 7.60. The molecule has 2 aliphatic rings. The first-order valence-electron chi connectivity index (χ1n) is 13.1. The van der Waals surface area contributed by atoms with Crippen LogP contribution in [0.5, 0.6) is 0 Å². The van der Waals surface area contributed by atoms with Crippen LogP contribution in [0.15, 0.2) is 18.2 Å². The number of aromatic nitrogens is 2. The van der Waals surface area contributed by atoms with Gasteiger partial charge in [-0.25, -0.2) is 4.98 Å². The highest BCUT2D eigenvalue weighted by Crippen LogP contribution is 2.39. The van der Waals surface area contributed by atoms with E-state index in [1.54, 1.807) is 20.8 Å². The second-order valence-corrected chi connectivity index (χ2v) is 11.4. The summed E-state index contributed by atoms with van der Waals surface area (Å²) in [4.78, 5) is 30.8. The summed E-state index contributed by atoms with van der Waals surface area (Å²) in [5.41, 5.74) is 1.45. The number of aliphatic hydroxyl groups is 2. The second-order valence-electron chi connectivity index (χ2n) is 11.4. The number of hydrogen-bond donors (Lipinski definition) is 2. The molecule has 0 saturated carbocycles. The molecule has 2 unspecified atom stereocenters. The number of ether oxygens (including phenoxy) is 2. The Morgan fingerprint density at radius 2 is 1.83 bits per heavy atom. The zero-order chi connectivity index (χ0) is 26.4. The number of aliphatic hydroxyl groups excluding tert-OH is 2. The number of aryl methyl sites for hydroxylation is 2. The van der Waals surface area contributed by atoms with E-state index in [0.717, 1.165) is 41.7 Å². The molecule has 8 nitrogen and oxygen atoms in total. The van der Waals surface area contributed by atoms with Crippen LogP contribution in [0.4, 0.5) is 0 Å². The predicted molar refractivity (Wildman–Crippen MR) is 135 cm³/mol. The third-order valence-electron chi connectivity index (χ3n) is 8.39. The predicted octanol–water partition coefficient (Wildman–Crippen LogP) is 3.79. The quantitative estimate of drug-likeness (QED) is 0.452. The lowest BCUT2D eigenvalue weighted by molar-refractivity contribution is -0.156. The standard InChI is InChI=1S/C28H40N2O6/c1-15-8-7-9-21-23(35-21)13-22(18-10-11-20-19(12-18)29-17(3)30(20)6)36-25(32)14-24(31)28(4,5)27(34)16(2)26(15)33/h10-12,15-16,21-24,26,31,33H,7-9,13-14H2,1-6H3/t15?,16-,21?,22+,23+,24+,26+/m1/s1. The maximum absolute atomic E-state index is 13.2. The number of benzene rings is 1. The molecule has 0 bridgehead atoms. The largest absolute Gasteiger partial charge is 0.457 e. The van der Waals surface area contributed by atoms with Crippen LogP contribution in [0.2, 0.25) is 0 Å². The van der Waals surface area contributed by atoms with Gasteiger partial charge in [-0.15, -0.1) is 0 Å². The van der Waals surface area contributed by atoms with Gasteiger partial charge >= 0.3 is 5.97 Å². The van der Waals surface area contributed by atoms with Gasteiger partial charge in [0, 0.05) is 19.4 Å². The summed E-state index contributed by atoms with van der Waals surface area (Å²) in [6, 6.07) is 5.88. The molecule has 198 valence electrons. The van der Waals surface area contributed by atoms with E-state index in [9.17, 15) is 19.8 Å². The van der Waals surface area contributed by atoms with Crippen LogP contribution in [0.3, 0.4) is 0 Å². The normalized spacial score (nSPS) is 34.3. The van der Waals surface area contributed by atoms with E-state index in [1.807, 2.05) is 43.7 Å². The molecule has 2 aromatic rings. The molecular weight excluding hydrogens is 460 g/mol. The number of esters is 1. The van der Waals surface area contributed by atoms with Crippen molar-refractivity contribution in [2.24, 2.45) is 24.3 Å². The summed E-state index contributed by atoms with van der Waals surface area (Å²) in [6.07, 6.45) is 0.196. The fourth-order valence-corrected chi connectivity index (χ4v) is 5.47. The van der Waals surface area contributed by atoms with Crippen molar-refractivity contribution in [2.45, 2.75) is 97.2 Å². The van der Waals surface area contributed by atoms with Crippen LogP contribution in [0, 0.1) is 24.2 Å². The van der Waals surface area contributed by atoms with E-state index in [4.69, 9.17) is 9.47 Å². The summed E-state index contributed by atoms with van der Waals surface area (Å²) in [6.45, 7) is 8.85. The van der Waals surface area contributed by atoms with Gasteiger partial charge in [0.15, 0.2) is 0 Å². The molecule has 2 fully saturated rings. The third-order valence-corrected chi connectivity index (χ3v) is 8.39. The van der Waals surface area contributed by atoms with Crippen LogP contribution >= 0.6 is 0 Å². The maximum Gasteiger partial charge on any atom is 0.309 e. The second kappa shape index (κ2) is 10.2. The number of imidazole rings is 1. The Hall–Kier alpha value is -2.29. The molecule has 2 saturated heterocycles. The molecule has 3 heterocycles. The SMILES string of the molecule is Cc1nc2cc([C@@H]3C[C@@H]4OC4CCCC(C)[C@H](O)[C@@H](C)C(=O)C(C)(C)[C@@H](O)CC(=O)O3)ccc2n1C. The monoisotopic (exact) mass is 500 g/mol. The number of epoxide rings is 1. The van der Waals surface area contributed by atoms with Crippen LogP contribution in [0.25, 0.3) is 11.0 Å². The Labute approximate surface area is 213 Å². The lowest BCUT2D eigenvalue weighted by atomic mass is 9.73. The number of carbonyl (C=O) groups is 2. The number of fused-ring (bicyclic) bond motifs is 2. The van der Waals surface area contributed by atoms with Crippen molar-refractivity contribution in [1.29, 1.82) is 0 Å². The number of hydrogen-bond acceptors (Lipinski definition) is 7. The average Bonchev–Trinajstić information content (AvgIpc) is 3.51. The summed E-state index contributed by atoms with van der Waals surface area (Å²) < 4.78 is 13.8. The highest BCUT2D eigenvalue weighted by atomic mass is 16.6. The number of cyclic esters (lactones) is 1. The van der Waals surface area contributed by atoms with E-state index in [0.29, 0.717) is 6.42 Å². The van der Waals surface area contributed by atoms with Gasteiger partial charge < -0.3 is 24.3 Å². The minimum atomic E-state index is -1.23. The van der Waals surface area contributed by atoms with Gasteiger partial charge in [0.25, 0.3) is 0 Å². The van der Waals surface area contributed by atoms with E-state index in [-0.39, 0.29) is 30.3 Å². The first kappa shape index (κ1) is 26.8. The van der Waals surface area contributed by atoms with E-state index in [1.165, 1.54) is 0 Å². The summed E-state index contributed by atoms with van der Waals surface area (Å²) in [7, 11) is 1.96. The van der Waals surface area contributed by atoms with Crippen LogP contribution in [-0.4, -0.2) is 55.9 Å². The molecular formula is C28H40N2O6.